The van der Waals surface area contributed by atoms with E-state index in [1.807, 2.05) is 48.5 Å². The zero-order chi connectivity index (χ0) is 17.5. The van der Waals surface area contributed by atoms with E-state index >= 15 is 0 Å². The molecule has 3 rings (SSSR count). The van der Waals surface area contributed by atoms with Crippen LogP contribution in [-0.2, 0) is 17.9 Å². The topological polar surface area (TPSA) is 59.6 Å². The highest BCUT2D eigenvalue weighted by molar-refractivity contribution is 5.67. The smallest absolute Gasteiger partial charge is 0.407 e. The average Bonchev–Trinajstić information content (AvgIpc) is 2.63. The van der Waals surface area contributed by atoms with E-state index < -0.39 is 0 Å². The highest BCUT2D eigenvalue weighted by atomic mass is 16.5. The molecule has 0 bridgehead atoms. The predicted octanol–water partition coefficient (Wildman–Crippen LogP) is 3.24. The number of benzene rings is 2. The Balaban J connectivity index is 1.33. The van der Waals surface area contributed by atoms with Gasteiger partial charge in [0.05, 0.1) is 7.11 Å². The highest BCUT2D eigenvalue weighted by Gasteiger charge is 2.30. The summed E-state index contributed by atoms with van der Waals surface area (Å²) >= 11 is 0. The second-order valence-corrected chi connectivity index (χ2v) is 6.26. The first-order valence-corrected chi connectivity index (χ1v) is 8.57. The molecular formula is C20H24N2O3. The Hall–Kier alpha value is -2.53. The normalized spacial score (nSPS) is 18.9. The van der Waals surface area contributed by atoms with Gasteiger partial charge in [-0.15, -0.1) is 0 Å². The number of hydrogen-bond donors (Lipinski definition) is 2. The van der Waals surface area contributed by atoms with Gasteiger partial charge in [-0.25, -0.2) is 4.79 Å². The lowest BCUT2D eigenvalue weighted by Gasteiger charge is -2.36. The fourth-order valence-corrected chi connectivity index (χ4v) is 2.94. The van der Waals surface area contributed by atoms with Gasteiger partial charge in [0.25, 0.3) is 0 Å². The van der Waals surface area contributed by atoms with Gasteiger partial charge >= 0.3 is 6.09 Å². The molecule has 1 aliphatic rings. The Labute approximate surface area is 148 Å². The van der Waals surface area contributed by atoms with Crippen molar-refractivity contribution >= 4 is 6.09 Å². The standard InChI is InChI=1S/C20H24N2O3/c1-24-19-10-6-5-9-16(19)13-21-17-11-18(12-17)22-20(23)25-14-15-7-3-2-4-8-15/h2-10,17-18,21H,11-14H2,1H3,(H,22,23). The van der Waals surface area contributed by atoms with Crippen molar-refractivity contribution < 1.29 is 14.3 Å². The third-order valence-electron chi connectivity index (χ3n) is 4.45. The Morgan fingerprint density at radius 2 is 1.76 bits per heavy atom. The van der Waals surface area contributed by atoms with Gasteiger partial charge in [-0.3, -0.25) is 0 Å². The number of hydrogen-bond acceptors (Lipinski definition) is 4. The van der Waals surface area contributed by atoms with E-state index in [9.17, 15) is 4.79 Å². The monoisotopic (exact) mass is 340 g/mol. The number of carbonyl (C=O) groups is 1. The maximum atomic E-state index is 11.8. The first-order chi connectivity index (χ1) is 12.2. The van der Waals surface area contributed by atoms with E-state index in [-0.39, 0.29) is 12.1 Å². The predicted molar refractivity (Wildman–Crippen MR) is 96.4 cm³/mol. The van der Waals surface area contributed by atoms with Crippen LogP contribution in [0.25, 0.3) is 0 Å². The number of carbonyl (C=O) groups excluding carboxylic acids is 1. The molecule has 5 heteroatoms. The van der Waals surface area contributed by atoms with Gasteiger partial charge in [0.1, 0.15) is 12.4 Å². The molecule has 0 heterocycles. The molecule has 2 N–H and O–H groups in total. The number of nitrogens with one attached hydrogen (secondary N) is 2. The van der Waals surface area contributed by atoms with Gasteiger partial charge in [0.2, 0.25) is 0 Å². The fourth-order valence-electron chi connectivity index (χ4n) is 2.94. The number of para-hydroxylation sites is 1. The summed E-state index contributed by atoms with van der Waals surface area (Å²) in [4.78, 5) is 11.8. The molecular weight excluding hydrogens is 316 g/mol. The quantitative estimate of drug-likeness (QED) is 0.812. The van der Waals surface area contributed by atoms with Crippen LogP contribution in [0.3, 0.4) is 0 Å². The zero-order valence-corrected chi connectivity index (χ0v) is 14.4. The number of methoxy groups -OCH3 is 1. The lowest BCUT2D eigenvalue weighted by Crippen LogP contribution is -2.52. The number of ether oxygens (including phenoxy) is 2. The summed E-state index contributed by atoms with van der Waals surface area (Å²) < 4.78 is 10.6. The molecule has 132 valence electrons. The van der Waals surface area contributed by atoms with Crippen LogP contribution in [0.4, 0.5) is 4.79 Å². The van der Waals surface area contributed by atoms with Crippen LogP contribution in [0.2, 0.25) is 0 Å². The Bertz CT molecular complexity index is 684. The number of amides is 1. The van der Waals surface area contributed by atoms with Crippen molar-refractivity contribution in [2.45, 2.75) is 38.1 Å². The lowest BCUT2D eigenvalue weighted by molar-refractivity contribution is 0.125. The SMILES string of the molecule is COc1ccccc1CNC1CC(NC(=O)OCc2ccccc2)C1. The molecule has 0 aromatic heterocycles. The van der Waals surface area contributed by atoms with Crippen LogP contribution in [0, 0.1) is 0 Å². The van der Waals surface area contributed by atoms with Crippen molar-refractivity contribution in [1.29, 1.82) is 0 Å². The number of alkyl carbamates (subject to hydrolysis) is 1. The molecule has 1 amide bonds. The Kier molecular flexibility index (Phi) is 5.90. The molecule has 0 radical (unpaired) electrons. The van der Waals surface area contributed by atoms with Gasteiger partial charge in [-0.2, -0.15) is 0 Å². The third-order valence-corrected chi connectivity index (χ3v) is 4.45. The largest absolute Gasteiger partial charge is 0.496 e. The van der Waals surface area contributed by atoms with Crippen molar-refractivity contribution in [2.24, 2.45) is 0 Å². The van der Waals surface area contributed by atoms with E-state index in [0.29, 0.717) is 12.6 Å². The van der Waals surface area contributed by atoms with Gasteiger partial charge in [0.15, 0.2) is 0 Å². The minimum Gasteiger partial charge on any atom is -0.496 e. The molecule has 25 heavy (non-hydrogen) atoms. The van der Waals surface area contributed by atoms with E-state index in [2.05, 4.69) is 16.7 Å². The van der Waals surface area contributed by atoms with Crippen LogP contribution >= 0.6 is 0 Å². The van der Waals surface area contributed by atoms with Crippen LogP contribution in [0.5, 0.6) is 5.75 Å². The zero-order valence-electron chi connectivity index (χ0n) is 14.4. The molecule has 5 nitrogen and oxygen atoms in total. The highest BCUT2D eigenvalue weighted by Crippen LogP contribution is 2.22. The molecule has 0 unspecified atom stereocenters. The molecule has 2 aromatic carbocycles. The van der Waals surface area contributed by atoms with Gasteiger partial charge < -0.3 is 20.1 Å². The summed E-state index contributed by atoms with van der Waals surface area (Å²) in [5, 5.41) is 6.41. The van der Waals surface area contributed by atoms with Crippen LogP contribution < -0.4 is 15.4 Å². The maximum absolute atomic E-state index is 11.8. The first-order valence-electron chi connectivity index (χ1n) is 8.57. The summed E-state index contributed by atoms with van der Waals surface area (Å²) in [6.45, 7) is 1.06. The molecule has 0 spiro atoms. The molecule has 1 aliphatic carbocycles. The summed E-state index contributed by atoms with van der Waals surface area (Å²) in [5.74, 6) is 0.897. The fraction of sp³-hybridized carbons (Fsp3) is 0.350. The minimum absolute atomic E-state index is 0.179. The van der Waals surface area contributed by atoms with Crippen molar-refractivity contribution in [3.8, 4) is 5.75 Å². The molecule has 1 fully saturated rings. The summed E-state index contributed by atoms with van der Waals surface area (Å²) in [6.07, 6.45) is 1.47. The summed E-state index contributed by atoms with van der Waals surface area (Å²) in [5.41, 5.74) is 2.13. The first kappa shape index (κ1) is 17.3. The molecule has 0 aliphatic heterocycles. The van der Waals surface area contributed by atoms with Crippen molar-refractivity contribution in [3.05, 3.63) is 65.7 Å². The van der Waals surface area contributed by atoms with E-state index in [0.717, 1.165) is 36.3 Å². The molecule has 1 saturated carbocycles. The molecule has 2 aromatic rings. The third kappa shape index (κ3) is 4.97. The van der Waals surface area contributed by atoms with E-state index in [1.54, 1.807) is 7.11 Å². The molecule has 0 saturated heterocycles. The minimum atomic E-state index is -0.350. The summed E-state index contributed by atoms with van der Waals surface area (Å²) in [6, 6.07) is 18.3. The second-order valence-electron chi connectivity index (χ2n) is 6.26. The summed E-state index contributed by atoms with van der Waals surface area (Å²) in [7, 11) is 1.68. The number of rotatable bonds is 7. The van der Waals surface area contributed by atoms with E-state index in [1.165, 1.54) is 0 Å². The second kappa shape index (κ2) is 8.53. The van der Waals surface area contributed by atoms with Gasteiger partial charge in [-0.05, 0) is 24.5 Å². The van der Waals surface area contributed by atoms with Crippen molar-refractivity contribution in [1.82, 2.24) is 10.6 Å². The van der Waals surface area contributed by atoms with Crippen LogP contribution in [0.1, 0.15) is 24.0 Å². The maximum Gasteiger partial charge on any atom is 0.407 e. The van der Waals surface area contributed by atoms with Crippen LogP contribution in [0.15, 0.2) is 54.6 Å². The van der Waals surface area contributed by atoms with Crippen molar-refractivity contribution in [2.75, 3.05) is 7.11 Å². The Morgan fingerprint density at radius 3 is 2.52 bits per heavy atom. The van der Waals surface area contributed by atoms with Gasteiger partial charge in [-0.1, -0.05) is 48.5 Å². The average molecular weight is 340 g/mol. The Morgan fingerprint density at radius 1 is 1.04 bits per heavy atom. The van der Waals surface area contributed by atoms with Crippen molar-refractivity contribution in [3.63, 3.8) is 0 Å². The lowest BCUT2D eigenvalue weighted by atomic mass is 9.86. The molecule has 0 atom stereocenters. The van der Waals surface area contributed by atoms with E-state index in [4.69, 9.17) is 9.47 Å². The van der Waals surface area contributed by atoms with Gasteiger partial charge in [0, 0.05) is 24.2 Å². The van der Waals surface area contributed by atoms with Crippen LogP contribution in [-0.4, -0.2) is 25.3 Å².